The van der Waals surface area contributed by atoms with Crippen molar-refractivity contribution < 1.29 is 4.79 Å². The largest absolute Gasteiger partial charge is 0.347 e. The first-order chi connectivity index (χ1) is 10.6. The van der Waals surface area contributed by atoms with Crippen molar-refractivity contribution in [2.24, 2.45) is 5.73 Å². The molecule has 1 aromatic carbocycles. The Balaban J connectivity index is 1.77. The number of hydrogen-bond acceptors (Lipinski definition) is 6. The van der Waals surface area contributed by atoms with E-state index in [1.54, 1.807) is 11.3 Å². The van der Waals surface area contributed by atoms with Crippen LogP contribution in [0.25, 0.3) is 10.6 Å². The van der Waals surface area contributed by atoms with Gasteiger partial charge in [0.25, 0.3) is 0 Å². The van der Waals surface area contributed by atoms with Crippen LogP contribution in [0.1, 0.15) is 19.8 Å². The number of rotatable bonds is 3. The van der Waals surface area contributed by atoms with E-state index in [2.05, 4.69) is 20.4 Å². The molecule has 2 heterocycles. The van der Waals surface area contributed by atoms with Crippen LogP contribution in [-0.2, 0) is 4.79 Å². The van der Waals surface area contributed by atoms with Crippen LogP contribution >= 0.6 is 11.3 Å². The van der Waals surface area contributed by atoms with Crippen molar-refractivity contribution in [3.63, 3.8) is 0 Å². The van der Waals surface area contributed by atoms with E-state index >= 15 is 0 Å². The molecule has 1 saturated heterocycles. The third-order valence-electron chi connectivity index (χ3n) is 3.65. The van der Waals surface area contributed by atoms with Crippen molar-refractivity contribution in [2.75, 3.05) is 23.3 Å². The molecule has 22 heavy (non-hydrogen) atoms. The molecule has 0 atom stereocenters. The van der Waals surface area contributed by atoms with Crippen LogP contribution in [0.3, 0.4) is 0 Å². The number of carbonyl (C=O) groups is 1. The Hall–Kier alpha value is -1.99. The van der Waals surface area contributed by atoms with Gasteiger partial charge in [0.2, 0.25) is 11.0 Å². The Morgan fingerprint density at radius 1 is 1.36 bits per heavy atom. The minimum atomic E-state index is -0.0836. The smallest absolute Gasteiger partial charge is 0.221 e. The van der Waals surface area contributed by atoms with Gasteiger partial charge in [0.1, 0.15) is 5.01 Å². The van der Waals surface area contributed by atoms with Crippen molar-refractivity contribution in [2.45, 2.75) is 25.8 Å². The average Bonchev–Trinajstić information content (AvgIpc) is 2.97. The van der Waals surface area contributed by atoms with Gasteiger partial charge in [-0.3, -0.25) is 4.79 Å². The van der Waals surface area contributed by atoms with Gasteiger partial charge in [-0.15, -0.1) is 10.2 Å². The summed E-state index contributed by atoms with van der Waals surface area (Å²) < 4.78 is 0. The highest BCUT2D eigenvalue weighted by Crippen LogP contribution is 2.31. The lowest BCUT2D eigenvalue weighted by Gasteiger charge is -2.29. The summed E-state index contributed by atoms with van der Waals surface area (Å²) in [6.07, 6.45) is 1.99. The first kappa shape index (κ1) is 14.9. The van der Waals surface area contributed by atoms with E-state index in [1.165, 1.54) is 6.92 Å². The SMILES string of the molecule is CC(=O)Nc1cccc(-c2nnc(N3CCC(N)CC3)s2)c1. The number of benzene rings is 1. The Kier molecular flexibility index (Phi) is 4.35. The molecule has 7 heteroatoms. The number of hydrogen-bond donors (Lipinski definition) is 2. The van der Waals surface area contributed by atoms with Gasteiger partial charge in [-0.05, 0) is 25.0 Å². The maximum Gasteiger partial charge on any atom is 0.221 e. The van der Waals surface area contributed by atoms with Gasteiger partial charge < -0.3 is 16.0 Å². The van der Waals surface area contributed by atoms with Crippen LogP contribution in [0.2, 0.25) is 0 Å². The van der Waals surface area contributed by atoms with Crippen LogP contribution < -0.4 is 16.0 Å². The number of anilines is 2. The molecule has 0 spiro atoms. The molecule has 2 aromatic rings. The molecular formula is C15H19N5OS. The standard InChI is InChI=1S/C15H19N5OS/c1-10(21)17-13-4-2-3-11(9-13)14-18-19-15(22-14)20-7-5-12(16)6-8-20/h2-4,9,12H,5-8,16H2,1H3,(H,17,21). The number of piperidine rings is 1. The molecule has 1 fully saturated rings. The zero-order valence-corrected chi connectivity index (χ0v) is 13.3. The van der Waals surface area contributed by atoms with E-state index in [1.807, 2.05) is 24.3 Å². The monoisotopic (exact) mass is 317 g/mol. The number of nitrogens with two attached hydrogens (primary N) is 1. The van der Waals surface area contributed by atoms with Crippen molar-refractivity contribution in [3.05, 3.63) is 24.3 Å². The molecule has 1 aromatic heterocycles. The van der Waals surface area contributed by atoms with E-state index in [0.717, 1.165) is 47.3 Å². The molecule has 0 unspecified atom stereocenters. The third kappa shape index (κ3) is 3.42. The van der Waals surface area contributed by atoms with Gasteiger partial charge in [0.05, 0.1) is 0 Å². The van der Waals surface area contributed by atoms with Gasteiger partial charge in [-0.25, -0.2) is 0 Å². The second-order valence-corrected chi connectivity index (χ2v) is 6.43. The van der Waals surface area contributed by atoms with Crippen molar-refractivity contribution in [1.82, 2.24) is 10.2 Å². The summed E-state index contributed by atoms with van der Waals surface area (Å²) in [5, 5.41) is 13.2. The summed E-state index contributed by atoms with van der Waals surface area (Å²) in [6, 6.07) is 7.96. The van der Waals surface area contributed by atoms with Gasteiger partial charge in [-0.2, -0.15) is 0 Å². The molecule has 3 rings (SSSR count). The first-order valence-corrected chi connectivity index (χ1v) is 8.15. The van der Waals surface area contributed by atoms with E-state index in [9.17, 15) is 4.79 Å². The van der Waals surface area contributed by atoms with E-state index < -0.39 is 0 Å². The van der Waals surface area contributed by atoms with Crippen molar-refractivity contribution in [3.8, 4) is 10.6 Å². The van der Waals surface area contributed by atoms with Crippen LogP contribution in [0.15, 0.2) is 24.3 Å². The predicted octanol–water partition coefficient (Wildman–Crippen LogP) is 2.09. The van der Waals surface area contributed by atoms with Crippen LogP contribution in [0, 0.1) is 0 Å². The number of aromatic nitrogens is 2. The number of nitrogens with one attached hydrogen (secondary N) is 1. The Labute approximate surface area is 133 Å². The molecule has 0 aliphatic carbocycles. The number of carbonyl (C=O) groups excluding carboxylic acids is 1. The van der Waals surface area contributed by atoms with E-state index in [0.29, 0.717) is 6.04 Å². The summed E-state index contributed by atoms with van der Waals surface area (Å²) in [5.41, 5.74) is 7.66. The highest BCUT2D eigenvalue weighted by Gasteiger charge is 2.19. The Bertz CT molecular complexity index is 663. The fourth-order valence-corrected chi connectivity index (χ4v) is 3.38. The van der Waals surface area contributed by atoms with Crippen LogP contribution in [0.4, 0.5) is 10.8 Å². The maximum atomic E-state index is 11.1. The lowest BCUT2D eigenvalue weighted by atomic mass is 10.1. The number of amides is 1. The van der Waals surface area contributed by atoms with Gasteiger partial charge in [0, 0.05) is 37.3 Å². The fraction of sp³-hybridized carbons (Fsp3) is 0.400. The van der Waals surface area contributed by atoms with Gasteiger partial charge in [0.15, 0.2) is 0 Å². The highest BCUT2D eigenvalue weighted by atomic mass is 32.1. The summed E-state index contributed by atoms with van der Waals surface area (Å²) >= 11 is 1.57. The van der Waals surface area contributed by atoms with E-state index in [4.69, 9.17) is 5.73 Å². The first-order valence-electron chi connectivity index (χ1n) is 7.34. The minimum Gasteiger partial charge on any atom is -0.347 e. The molecule has 1 aliphatic rings. The summed E-state index contributed by atoms with van der Waals surface area (Å²) in [5.74, 6) is -0.0836. The molecular weight excluding hydrogens is 298 g/mol. The van der Waals surface area contributed by atoms with Crippen LogP contribution in [-0.4, -0.2) is 35.2 Å². The summed E-state index contributed by atoms with van der Waals surface area (Å²) in [4.78, 5) is 13.4. The predicted molar refractivity (Wildman–Crippen MR) is 89.1 cm³/mol. The third-order valence-corrected chi connectivity index (χ3v) is 4.69. The van der Waals surface area contributed by atoms with Gasteiger partial charge in [-0.1, -0.05) is 23.5 Å². The molecule has 6 nitrogen and oxygen atoms in total. The second-order valence-electron chi connectivity index (χ2n) is 5.48. The molecule has 1 amide bonds. The zero-order chi connectivity index (χ0) is 15.5. The maximum absolute atomic E-state index is 11.1. The molecule has 0 bridgehead atoms. The number of nitrogens with zero attached hydrogens (tertiary/aromatic N) is 3. The quantitative estimate of drug-likeness (QED) is 0.905. The Morgan fingerprint density at radius 2 is 2.14 bits per heavy atom. The lowest BCUT2D eigenvalue weighted by Crippen LogP contribution is -2.39. The molecule has 116 valence electrons. The molecule has 0 saturated carbocycles. The van der Waals surface area contributed by atoms with Crippen LogP contribution in [0.5, 0.6) is 0 Å². The average molecular weight is 317 g/mol. The second kappa shape index (κ2) is 6.41. The molecule has 0 radical (unpaired) electrons. The molecule has 1 aliphatic heterocycles. The summed E-state index contributed by atoms with van der Waals surface area (Å²) in [6.45, 7) is 3.36. The zero-order valence-electron chi connectivity index (χ0n) is 12.5. The van der Waals surface area contributed by atoms with Crippen molar-refractivity contribution >= 4 is 28.1 Å². The Morgan fingerprint density at radius 3 is 2.86 bits per heavy atom. The normalized spacial score (nSPS) is 15.8. The molecule has 3 N–H and O–H groups in total. The van der Waals surface area contributed by atoms with Gasteiger partial charge >= 0.3 is 0 Å². The summed E-state index contributed by atoms with van der Waals surface area (Å²) in [7, 11) is 0. The minimum absolute atomic E-state index is 0.0836. The van der Waals surface area contributed by atoms with Crippen molar-refractivity contribution in [1.29, 1.82) is 0 Å². The topological polar surface area (TPSA) is 84.1 Å². The highest BCUT2D eigenvalue weighted by molar-refractivity contribution is 7.18. The fourth-order valence-electron chi connectivity index (χ4n) is 2.48. The van der Waals surface area contributed by atoms with E-state index in [-0.39, 0.29) is 5.91 Å². The lowest BCUT2D eigenvalue weighted by molar-refractivity contribution is -0.114.